The van der Waals surface area contributed by atoms with Gasteiger partial charge < -0.3 is 20.5 Å². The first kappa shape index (κ1) is 13.6. The Bertz CT molecular complexity index is 523. The largest absolute Gasteiger partial charge is 0.478 e. The van der Waals surface area contributed by atoms with Crippen LogP contribution in [0.1, 0.15) is 10.4 Å². The van der Waals surface area contributed by atoms with Crippen molar-refractivity contribution < 1.29 is 19.4 Å². The molecule has 1 aromatic rings. The summed E-state index contributed by atoms with van der Waals surface area (Å²) in [6.45, 7) is 0.989. The van der Waals surface area contributed by atoms with E-state index >= 15 is 0 Å². The fourth-order valence-corrected chi connectivity index (χ4v) is 2.13. The van der Waals surface area contributed by atoms with Crippen molar-refractivity contribution in [2.45, 2.75) is 6.04 Å². The molecule has 1 amide bonds. The van der Waals surface area contributed by atoms with Crippen LogP contribution in [0.2, 0.25) is 5.02 Å². The lowest BCUT2D eigenvalue weighted by atomic mass is 10.2. The average Bonchev–Trinajstić information content (AvgIpc) is 2.38. The van der Waals surface area contributed by atoms with Crippen molar-refractivity contribution in [1.82, 2.24) is 4.98 Å². The summed E-state index contributed by atoms with van der Waals surface area (Å²) in [6.07, 6.45) is 1.19. The first-order valence-electron chi connectivity index (χ1n) is 5.53. The number of primary amides is 1. The Kier molecular flexibility index (Phi) is 3.87. The number of aromatic nitrogens is 1. The number of carbonyl (C=O) groups excluding carboxylic acids is 1. The van der Waals surface area contributed by atoms with E-state index in [2.05, 4.69) is 4.98 Å². The number of carboxylic acid groups (broad SMARTS) is 1. The third kappa shape index (κ3) is 2.77. The molecule has 0 radical (unpaired) electrons. The minimum Gasteiger partial charge on any atom is -0.478 e. The van der Waals surface area contributed by atoms with Crippen LogP contribution in [-0.2, 0) is 9.53 Å². The maximum Gasteiger partial charge on any atom is 0.337 e. The Hall–Kier alpha value is -1.86. The predicted octanol–water partition coefficient (Wildman–Crippen LogP) is 0.124. The van der Waals surface area contributed by atoms with E-state index < -0.39 is 17.9 Å². The van der Waals surface area contributed by atoms with Gasteiger partial charge in [0.1, 0.15) is 11.9 Å². The fraction of sp³-hybridized carbons (Fsp3) is 0.364. The van der Waals surface area contributed by atoms with Crippen molar-refractivity contribution in [3.05, 3.63) is 22.8 Å². The monoisotopic (exact) mass is 285 g/mol. The predicted molar refractivity (Wildman–Crippen MR) is 67.4 cm³/mol. The van der Waals surface area contributed by atoms with Crippen molar-refractivity contribution >= 4 is 29.3 Å². The summed E-state index contributed by atoms with van der Waals surface area (Å²) in [5.74, 6) is -1.33. The molecule has 2 rings (SSSR count). The molecule has 0 saturated carbocycles. The second kappa shape index (κ2) is 5.41. The van der Waals surface area contributed by atoms with E-state index in [1.54, 1.807) is 4.90 Å². The number of hydrogen-bond donors (Lipinski definition) is 2. The maximum absolute atomic E-state index is 11.4. The van der Waals surface area contributed by atoms with Gasteiger partial charge in [-0.25, -0.2) is 9.78 Å². The third-order valence-corrected chi connectivity index (χ3v) is 3.08. The molecular weight excluding hydrogens is 274 g/mol. The molecule has 0 spiro atoms. The molecule has 1 saturated heterocycles. The molecule has 8 heteroatoms. The molecule has 2 heterocycles. The highest BCUT2D eigenvalue weighted by molar-refractivity contribution is 6.33. The molecule has 0 aliphatic carbocycles. The maximum atomic E-state index is 11.4. The second-order valence-electron chi connectivity index (χ2n) is 4.02. The molecular formula is C11H12ClN3O4. The number of nitrogens with zero attached hydrogens (tertiary/aromatic N) is 2. The standard InChI is InChI=1S/C11H12ClN3O4/c12-7-3-6(11(17)18)4-14-10(7)15-1-2-19-5-8(15)9(13)16/h3-4,8H,1-2,5H2,(H2,13,16)(H,17,18). The number of hydrogen-bond acceptors (Lipinski definition) is 5. The minimum absolute atomic E-state index is 0.0161. The lowest BCUT2D eigenvalue weighted by Crippen LogP contribution is -2.53. The van der Waals surface area contributed by atoms with Crippen LogP contribution in [0.25, 0.3) is 0 Å². The molecule has 0 bridgehead atoms. The van der Waals surface area contributed by atoms with Crippen LogP contribution < -0.4 is 10.6 Å². The molecule has 1 aliphatic rings. The van der Waals surface area contributed by atoms with Crippen LogP contribution in [0.4, 0.5) is 5.82 Å². The number of ether oxygens (including phenoxy) is 1. The van der Waals surface area contributed by atoms with Crippen LogP contribution in [-0.4, -0.2) is 47.8 Å². The van der Waals surface area contributed by atoms with Crippen LogP contribution in [0.5, 0.6) is 0 Å². The van der Waals surface area contributed by atoms with Gasteiger partial charge in [0.25, 0.3) is 0 Å². The number of morpholine rings is 1. The van der Waals surface area contributed by atoms with Crippen molar-refractivity contribution in [2.24, 2.45) is 5.73 Å². The number of anilines is 1. The molecule has 19 heavy (non-hydrogen) atoms. The zero-order valence-electron chi connectivity index (χ0n) is 9.88. The Morgan fingerprint density at radius 1 is 1.58 bits per heavy atom. The van der Waals surface area contributed by atoms with Gasteiger partial charge in [0.05, 0.1) is 23.8 Å². The number of aromatic carboxylic acids is 1. The fourth-order valence-electron chi connectivity index (χ4n) is 1.85. The summed E-state index contributed by atoms with van der Waals surface area (Å²) >= 11 is 6.02. The van der Waals surface area contributed by atoms with Gasteiger partial charge in [-0.15, -0.1) is 0 Å². The number of rotatable bonds is 3. The van der Waals surface area contributed by atoms with E-state index in [1.165, 1.54) is 12.3 Å². The van der Waals surface area contributed by atoms with E-state index in [9.17, 15) is 9.59 Å². The molecule has 3 N–H and O–H groups in total. The zero-order valence-corrected chi connectivity index (χ0v) is 10.6. The van der Waals surface area contributed by atoms with Gasteiger partial charge >= 0.3 is 5.97 Å². The Morgan fingerprint density at radius 2 is 2.32 bits per heavy atom. The van der Waals surface area contributed by atoms with E-state index in [0.29, 0.717) is 19.0 Å². The lowest BCUT2D eigenvalue weighted by molar-refractivity contribution is -0.121. The number of carboxylic acids is 1. The van der Waals surface area contributed by atoms with Crippen molar-refractivity contribution in [2.75, 3.05) is 24.7 Å². The van der Waals surface area contributed by atoms with Crippen LogP contribution in [0.3, 0.4) is 0 Å². The van der Waals surface area contributed by atoms with Gasteiger partial charge in [0.15, 0.2) is 0 Å². The molecule has 7 nitrogen and oxygen atoms in total. The summed E-state index contributed by atoms with van der Waals surface area (Å²) in [5.41, 5.74) is 5.28. The molecule has 1 fully saturated rings. The molecule has 102 valence electrons. The van der Waals surface area contributed by atoms with Crippen LogP contribution in [0, 0.1) is 0 Å². The summed E-state index contributed by atoms with van der Waals surface area (Å²) in [5, 5.41) is 9.00. The summed E-state index contributed by atoms with van der Waals surface area (Å²) in [6, 6.07) is 0.633. The Balaban J connectivity index is 2.34. The Morgan fingerprint density at radius 3 is 2.89 bits per heavy atom. The number of carbonyl (C=O) groups is 2. The average molecular weight is 286 g/mol. The van der Waals surface area contributed by atoms with E-state index in [0.717, 1.165) is 0 Å². The summed E-state index contributed by atoms with van der Waals surface area (Å²) in [4.78, 5) is 27.8. The molecule has 0 aromatic carbocycles. The molecule has 1 aromatic heterocycles. The van der Waals surface area contributed by atoms with Crippen molar-refractivity contribution in [1.29, 1.82) is 0 Å². The highest BCUT2D eigenvalue weighted by atomic mass is 35.5. The van der Waals surface area contributed by atoms with Gasteiger partial charge in [-0.1, -0.05) is 11.6 Å². The van der Waals surface area contributed by atoms with E-state index in [1.807, 2.05) is 0 Å². The minimum atomic E-state index is -1.12. The quantitative estimate of drug-likeness (QED) is 0.817. The highest BCUT2D eigenvalue weighted by Crippen LogP contribution is 2.27. The molecule has 1 atom stereocenters. The normalized spacial score (nSPS) is 19.2. The smallest absolute Gasteiger partial charge is 0.337 e. The highest BCUT2D eigenvalue weighted by Gasteiger charge is 2.30. The lowest BCUT2D eigenvalue weighted by Gasteiger charge is -2.34. The van der Waals surface area contributed by atoms with Crippen molar-refractivity contribution in [3.63, 3.8) is 0 Å². The SMILES string of the molecule is NC(=O)C1COCCN1c1ncc(C(=O)O)cc1Cl. The summed E-state index contributed by atoms with van der Waals surface area (Å²) < 4.78 is 5.19. The number of nitrogens with two attached hydrogens (primary N) is 1. The van der Waals surface area contributed by atoms with Gasteiger partial charge in [-0.05, 0) is 6.07 Å². The van der Waals surface area contributed by atoms with Gasteiger partial charge in [0.2, 0.25) is 5.91 Å². The number of amides is 1. The van der Waals surface area contributed by atoms with E-state index in [4.69, 9.17) is 27.2 Å². The van der Waals surface area contributed by atoms with Gasteiger partial charge in [-0.2, -0.15) is 0 Å². The number of pyridine rings is 1. The molecule has 1 aliphatic heterocycles. The van der Waals surface area contributed by atoms with Crippen LogP contribution in [0.15, 0.2) is 12.3 Å². The second-order valence-corrected chi connectivity index (χ2v) is 4.43. The first-order valence-corrected chi connectivity index (χ1v) is 5.91. The Labute approximate surface area is 113 Å². The van der Waals surface area contributed by atoms with Crippen molar-refractivity contribution in [3.8, 4) is 0 Å². The summed E-state index contributed by atoms with van der Waals surface area (Å²) in [7, 11) is 0. The third-order valence-electron chi connectivity index (χ3n) is 2.80. The molecule has 1 unspecified atom stereocenters. The zero-order chi connectivity index (χ0) is 14.0. The first-order chi connectivity index (χ1) is 9.00. The topological polar surface area (TPSA) is 106 Å². The van der Waals surface area contributed by atoms with E-state index in [-0.39, 0.29) is 17.2 Å². The number of halogens is 1. The van der Waals surface area contributed by atoms with Crippen LogP contribution >= 0.6 is 11.6 Å². The van der Waals surface area contributed by atoms with Gasteiger partial charge in [-0.3, -0.25) is 4.79 Å². The van der Waals surface area contributed by atoms with Gasteiger partial charge in [0, 0.05) is 12.7 Å².